The van der Waals surface area contributed by atoms with Crippen molar-refractivity contribution in [1.29, 1.82) is 5.26 Å². The number of carbonyl (C=O) groups is 1. The van der Waals surface area contributed by atoms with E-state index in [-0.39, 0.29) is 5.91 Å². The van der Waals surface area contributed by atoms with Crippen LogP contribution in [0.2, 0.25) is 0 Å². The van der Waals surface area contributed by atoms with E-state index in [4.69, 9.17) is 4.99 Å². The van der Waals surface area contributed by atoms with Crippen LogP contribution in [0.5, 0.6) is 0 Å². The second-order valence-corrected chi connectivity index (χ2v) is 7.15. The van der Waals surface area contributed by atoms with Crippen molar-refractivity contribution in [1.82, 2.24) is 10.2 Å². The Labute approximate surface area is 126 Å². The Morgan fingerprint density at radius 3 is 2.48 bits per heavy atom. The van der Waals surface area contributed by atoms with E-state index in [0.29, 0.717) is 17.8 Å². The molecule has 0 aromatic carbocycles. The minimum atomic E-state index is -0.622. The number of nitrogens with one attached hydrogen (secondary N) is 1. The molecule has 2 aliphatic heterocycles. The van der Waals surface area contributed by atoms with Crippen molar-refractivity contribution in [3.8, 4) is 6.07 Å². The van der Waals surface area contributed by atoms with Gasteiger partial charge in [-0.05, 0) is 31.1 Å². The van der Waals surface area contributed by atoms with E-state index in [2.05, 4.69) is 30.1 Å². The fraction of sp³-hybridized carbons (Fsp3) is 0.812. The first kappa shape index (κ1) is 14.4. The summed E-state index contributed by atoms with van der Waals surface area (Å²) in [4.78, 5) is 19.5. The molecule has 3 aliphatic rings. The quantitative estimate of drug-likeness (QED) is 0.740. The molecule has 0 aromatic heterocycles. The highest BCUT2D eigenvalue weighted by Gasteiger charge is 2.49. The molecule has 0 aromatic rings. The summed E-state index contributed by atoms with van der Waals surface area (Å²) in [6.07, 6.45) is 5.08. The van der Waals surface area contributed by atoms with Crippen LogP contribution < -0.4 is 5.32 Å². The van der Waals surface area contributed by atoms with Gasteiger partial charge in [0, 0.05) is 13.1 Å². The lowest BCUT2D eigenvalue weighted by Crippen LogP contribution is -2.58. The predicted octanol–water partition coefficient (Wildman–Crippen LogP) is 1.90. The Hall–Kier alpha value is -1.57. The largest absolute Gasteiger partial charge is 0.342 e. The summed E-state index contributed by atoms with van der Waals surface area (Å²) in [5.74, 6) is 1.16. The molecule has 1 amide bonds. The van der Waals surface area contributed by atoms with E-state index in [9.17, 15) is 10.1 Å². The van der Waals surface area contributed by atoms with E-state index < -0.39 is 11.5 Å². The van der Waals surface area contributed by atoms with Crippen LogP contribution >= 0.6 is 0 Å². The SMILES string of the molecule is C[C@@H]1C[C@H](C)CN(C2=NC3(CCCC3)[C@@H](C#N)C(=O)N2)C1. The number of nitriles is 1. The predicted molar refractivity (Wildman–Crippen MR) is 80.4 cm³/mol. The van der Waals surface area contributed by atoms with Crippen LogP contribution in [0.4, 0.5) is 0 Å². The van der Waals surface area contributed by atoms with Crippen molar-refractivity contribution >= 4 is 11.9 Å². The standard InChI is InChI=1S/C16H24N4O/c1-11-7-12(2)10-20(9-11)15-18-14(21)13(8-17)16(19-15)5-3-4-6-16/h11-13H,3-7,9-10H2,1-2H3,(H,18,19,21)/t11-,12+,13-/m0/s1. The van der Waals surface area contributed by atoms with Gasteiger partial charge in [-0.25, -0.2) is 4.99 Å². The highest BCUT2D eigenvalue weighted by atomic mass is 16.2. The van der Waals surface area contributed by atoms with Crippen molar-refractivity contribution in [2.24, 2.45) is 22.7 Å². The molecule has 0 radical (unpaired) electrons. The molecule has 1 spiro atoms. The maximum atomic E-state index is 12.4. The Balaban J connectivity index is 1.90. The third-order valence-corrected chi connectivity index (χ3v) is 5.13. The molecule has 114 valence electrons. The fourth-order valence-electron chi connectivity index (χ4n) is 4.28. The Morgan fingerprint density at radius 1 is 1.29 bits per heavy atom. The first-order valence-electron chi connectivity index (χ1n) is 8.09. The van der Waals surface area contributed by atoms with Gasteiger partial charge in [-0.2, -0.15) is 5.26 Å². The number of amides is 1. The molecule has 21 heavy (non-hydrogen) atoms. The summed E-state index contributed by atoms with van der Waals surface area (Å²) in [6, 6.07) is 2.19. The Bertz CT molecular complexity index is 491. The van der Waals surface area contributed by atoms with E-state index in [1.165, 1.54) is 6.42 Å². The lowest BCUT2D eigenvalue weighted by atomic mass is 9.82. The van der Waals surface area contributed by atoms with E-state index in [0.717, 1.165) is 38.8 Å². The second kappa shape index (κ2) is 5.32. The molecular formula is C16H24N4O. The van der Waals surface area contributed by atoms with Crippen LogP contribution in [-0.2, 0) is 4.79 Å². The minimum Gasteiger partial charge on any atom is -0.342 e. The van der Waals surface area contributed by atoms with Crippen LogP contribution in [-0.4, -0.2) is 35.4 Å². The van der Waals surface area contributed by atoms with Gasteiger partial charge < -0.3 is 4.90 Å². The number of guanidine groups is 1. The van der Waals surface area contributed by atoms with Gasteiger partial charge in [0.05, 0.1) is 11.6 Å². The van der Waals surface area contributed by atoms with Gasteiger partial charge >= 0.3 is 0 Å². The van der Waals surface area contributed by atoms with Crippen molar-refractivity contribution in [3.63, 3.8) is 0 Å². The smallest absolute Gasteiger partial charge is 0.246 e. The lowest BCUT2D eigenvalue weighted by molar-refractivity contribution is -0.124. The molecular weight excluding hydrogens is 264 g/mol. The minimum absolute atomic E-state index is 0.157. The summed E-state index contributed by atoms with van der Waals surface area (Å²) in [5, 5.41) is 12.3. The van der Waals surface area contributed by atoms with Gasteiger partial charge in [-0.15, -0.1) is 0 Å². The zero-order valence-corrected chi connectivity index (χ0v) is 12.9. The molecule has 1 N–H and O–H groups in total. The van der Waals surface area contributed by atoms with Crippen LogP contribution in [0.1, 0.15) is 46.0 Å². The monoisotopic (exact) mass is 288 g/mol. The van der Waals surface area contributed by atoms with Crippen LogP contribution in [0.15, 0.2) is 4.99 Å². The van der Waals surface area contributed by atoms with Crippen LogP contribution in [0.25, 0.3) is 0 Å². The maximum absolute atomic E-state index is 12.4. The Morgan fingerprint density at radius 2 is 1.90 bits per heavy atom. The van der Waals surface area contributed by atoms with Crippen molar-refractivity contribution < 1.29 is 4.79 Å². The number of hydrogen-bond acceptors (Lipinski definition) is 4. The highest BCUT2D eigenvalue weighted by Crippen LogP contribution is 2.41. The number of nitrogens with zero attached hydrogens (tertiary/aromatic N) is 3. The van der Waals surface area contributed by atoms with Crippen molar-refractivity contribution in [2.75, 3.05) is 13.1 Å². The molecule has 2 heterocycles. The summed E-state index contributed by atoms with van der Waals surface area (Å²) in [5.41, 5.74) is -0.462. The van der Waals surface area contributed by atoms with Crippen LogP contribution in [0.3, 0.4) is 0 Å². The number of carbonyl (C=O) groups excluding carboxylic acids is 1. The molecule has 3 atom stereocenters. The van der Waals surface area contributed by atoms with Crippen molar-refractivity contribution in [3.05, 3.63) is 0 Å². The third-order valence-electron chi connectivity index (χ3n) is 5.13. The Kier molecular flexibility index (Phi) is 3.64. The maximum Gasteiger partial charge on any atom is 0.246 e. The first-order chi connectivity index (χ1) is 10.0. The second-order valence-electron chi connectivity index (χ2n) is 7.15. The summed E-state index contributed by atoms with van der Waals surface area (Å²) < 4.78 is 0. The van der Waals surface area contributed by atoms with Gasteiger partial charge in [0.25, 0.3) is 0 Å². The van der Waals surface area contributed by atoms with E-state index in [1.54, 1.807) is 0 Å². The lowest BCUT2D eigenvalue weighted by Gasteiger charge is -2.41. The van der Waals surface area contributed by atoms with Gasteiger partial charge in [-0.3, -0.25) is 10.1 Å². The van der Waals surface area contributed by atoms with Crippen molar-refractivity contribution in [2.45, 2.75) is 51.5 Å². The summed E-state index contributed by atoms with van der Waals surface area (Å²) >= 11 is 0. The third kappa shape index (κ3) is 2.52. The number of aliphatic imine (C=N–C) groups is 1. The zero-order valence-electron chi connectivity index (χ0n) is 12.9. The number of likely N-dealkylation sites (tertiary alicyclic amines) is 1. The average molecular weight is 288 g/mol. The highest BCUT2D eigenvalue weighted by molar-refractivity contribution is 6.02. The summed E-state index contributed by atoms with van der Waals surface area (Å²) in [7, 11) is 0. The molecule has 5 nitrogen and oxygen atoms in total. The van der Waals surface area contributed by atoms with E-state index >= 15 is 0 Å². The molecule has 3 rings (SSSR count). The topological polar surface area (TPSA) is 68.5 Å². The average Bonchev–Trinajstić information content (AvgIpc) is 2.86. The van der Waals surface area contributed by atoms with Gasteiger partial charge in [0.15, 0.2) is 5.92 Å². The van der Waals surface area contributed by atoms with Gasteiger partial charge in [0.1, 0.15) is 0 Å². The molecule has 1 saturated heterocycles. The molecule has 0 bridgehead atoms. The number of rotatable bonds is 0. The molecule has 2 fully saturated rings. The molecule has 1 saturated carbocycles. The zero-order chi connectivity index (χ0) is 15.0. The van der Waals surface area contributed by atoms with Crippen LogP contribution in [0, 0.1) is 29.1 Å². The van der Waals surface area contributed by atoms with E-state index in [1.807, 2.05) is 0 Å². The first-order valence-corrected chi connectivity index (χ1v) is 8.09. The number of hydrogen-bond donors (Lipinski definition) is 1. The molecule has 5 heteroatoms. The fourth-order valence-corrected chi connectivity index (χ4v) is 4.28. The summed E-state index contributed by atoms with van der Waals surface area (Å²) in [6.45, 7) is 6.38. The molecule has 1 aliphatic carbocycles. The number of piperidine rings is 1. The molecule has 0 unspecified atom stereocenters. The van der Waals surface area contributed by atoms with Gasteiger partial charge in [0.2, 0.25) is 11.9 Å². The van der Waals surface area contributed by atoms with Gasteiger partial charge in [-0.1, -0.05) is 26.7 Å². The normalized spacial score (nSPS) is 35.3.